The van der Waals surface area contributed by atoms with Crippen LogP contribution in [0.25, 0.3) is 5.82 Å². The van der Waals surface area contributed by atoms with E-state index in [1.165, 1.54) is 10.7 Å². The number of amides is 1. The molecule has 2 bridgehead atoms. The summed E-state index contributed by atoms with van der Waals surface area (Å²) in [6, 6.07) is 4.91. The Balaban J connectivity index is 1.27. The fourth-order valence-corrected chi connectivity index (χ4v) is 5.13. The molecule has 4 heterocycles. The van der Waals surface area contributed by atoms with Crippen LogP contribution in [0.1, 0.15) is 49.1 Å². The molecule has 2 saturated heterocycles. The molecule has 1 N–H and O–H groups in total. The molecule has 4 atom stereocenters. The number of pyridine rings is 1. The van der Waals surface area contributed by atoms with Gasteiger partial charge in [-0.25, -0.2) is 18.4 Å². The van der Waals surface area contributed by atoms with E-state index in [0.29, 0.717) is 25.1 Å². The Hall–Kier alpha value is -3.02. The van der Waals surface area contributed by atoms with E-state index < -0.39 is 6.43 Å². The average molecular weight is 412 g/mol. The van der Waals surface area contributed by atoms with E-state index in [4.69, 9.17) is 0 Å². The predicted molar refractivity (Wildman–Crippen MR) is 103 cm³/mol. The second-order valence-corrected chi connectivity index (χ2v) is 8.36. The maximum atomic E-state index is 12.9. The smallest absolute Gasteiger partial charge is 0.280 e. The number of rotatable bonds is 4. The highest BCUT2D eigenvalue weighted by molar-refractivity contribution is 5.79. The SMILES string of the molecule is N#CN1[C@H]2CC[C@@H]1[C@H](NC(=O)[C@@H]1CCc3nn(-c4cccc(C(F)F)n4)cc3C1)C2. The van der Waals surface area contributed by atoms with Gasteiger partial charge in [-0.05, 0) is 56.2 Å². The monoisotopic (exact) mass is 412 g/mol. The maximum Gasteiger partial charge on any atom is 0.280 e. The molecule has 5 rings (SSSR count). The summed E-state index contributed by atoms with van der Waals surface area (Å²) in [5.41, 5.74) is 1.56. The minimum atomic E-state index is -2.63. The van der Waals surface area contributed by atoms with Crippen LogP contribution in [0.2, 0.25) is 0 Å². The molecule has 0 saturated carbocycles. The molecule has 0 unspecified atom stereocenters. The molecular formula is C21H22F2N6O. The number of nitrogens with zero attached hydrogens (tertiary/aromatic N) is 5. The zero-order valence-corrected chi connectivity index (χ0v) is 16.3. The molecule has 0 aromatic carbocycles. The van der Waals surface area contributed by atoms with Gasteiger partial charge < -0.3 is 10.2 Å². The minimum Gasteiger partial charge on any atom is -0.351 e. The number of aromatic nitrogens is 3. The van der Waals surface area contributed by atoms with Crippen molar-refractivity contribution in [3.05, 3.63) is 41.3 Å². The first-order chi connectivity index (χ1) is 14.5. The van der Waals surface area contributed by atoms with Crippen LogP contribution in [-0.2, 0) is 17.6 Å². The topological polar surface area (TPSA) is 86.8 Å². The normalized spacial score (nSPS) is 27.2. The molecule has 9 heteroatoms. The molecule has 2 aromatic rings. The van der Waals surface area contributed by atoms with Crippen molar-refractivity contribution in [2.24, 2.45) is 5.92 Å². The Morgan fingerprint density at radius 2 is 2.17 bits per heavy atom. The molecule has 0 spiro atoms. The van der Waals surface area contributed by atoms with Crippen LogP contribution in [0.4, 0.5) is 8.78 Å². The Kier molecular flexibility index (Phi) is 4.65. The second-order valence-electron chi connectivity index (χ2n) is 8.36. The third-order valence-corrected chi connectivity index (χ3v) is 6.64. The number of fused-ring (bicyclic) bond motifs is 3. The molecule has 7 nitrogen and oxygen atoms in total. The van der Waals surface area contributed by atoms with Gasteiger partial charge in [0.25, 0.3) is 6.43 Å². The van der Waals surface area contributed by atoms with E-state index in [0.717, 1.165) is 30.5 Å². The van der Waals surface area contributed by atoms with Crippen molar-refractivity contribution in [1.29, 1.82) is 5.26 Å². The summed E-state index contributed by atoms with van der Waals surface area (Å²) in [7, 11) is 0. The van der Waals surface area contributed by atoms with Gasteiger partial charge in [-0.3, -0.25) is 4.79 Å². The van der Waals surface area contributed by atoms with Crippen LogP contribution in [0.15, 0.2) is 24.4 Å². The molecule has 156 valence electrons. The van der Waals surface area contributed by atoms with Crippen molar-refractivity contribution in [2.75, 3.05) is 0 Å². The number of hydrogen-bond acceptors (Lipinski definition) is 5. The van der Waals surface area contributed by atoms with Crippen molar-refractivity contribution in [3.8, 4) is 12.0 Å². The van der Waals surface area contributed by atoms with Gasteiger partial charge in [0.15, 0.2) is 12.0 Å². The summed E-state index contributed by atoms with van der Waals surface area (Å²) in [5.74, 6) is 0.230. The molecule has 2 aliphatic heterocycles. The number of nitriles is 1. The first-order valence-corrected chi connectivity index (χ1v) is 10.3. The number of hydrogen-bond donors (Lipinski definition) is 1. The summed E-state index contributed by atoms with van der Waals surface area (Å²) >= 11 is 0. The molecule has 1 aliphatic carbocycles. The summed E-state index contributed by atoms with van der Waals surface area (Å²) < 4.78 is 27.4. The van der Waals surface area contributed by atoms with Crippen molar-refractivity contribution >= 4 is 5.91 Å². The van der Waals surface area contributed by atoms with E-state index in [9.17, 15) is 18.8 Å². The van der Waals surface area contributed by atoms with Crippen LogP contribution < -0.4 is 5.32 Å². The predicted octanol–water partition coefficient (Wildman–Crippen LogP) is 2.51. The van der Waals surface area contributed by atoms with Crippen molar-refractivity contribution in [1.82, 2.24) is 25.0 Å². The highest BCUT2D eigenvalue weighted by Crippen LogP contribution is 2.37. The zero-order chi connectivity index (χ0) is 20.8. The lowest BCUT2D eigenvalue weighted by Gasteiger charge is -2.26. The molecule has 30 heavy (non-hydrogen) atoms. The fourth-order valence-electron chi connectivity index (χ4n) is 5.13. The van der Waals surface area contributed by atoms with E-state index in [2.05, 4.69) is 21.6 Å². The highest BCUT2D eigenvalue weighted by Gasteiger charge is 2.47. The lowest BCUT2D eigenvalue weighted by Crippen LogP contribution is -2.46. The van der Waals surface area contributed by atoms with Gasteiger partial charge in [0.1, 0.15) is 5.69 Å². The molecule has 2 aromatic heterocycles. The summed E-state index contributed by atoms with van der Waals surface area (Å²) in [6.45, 7) is 0. The summed E-state index contributed by atoms with van der Waals surface area (Å²) in [6.07, 6.45) is 6.18. The molecular weight excluding hydrogens is 390 g/mol. The van der Waals surface area contributed by atoms with Gasteiger partial charge in [0.05, 0.1) is 17.8 Å². The standard InChI is InChI=1S/C21H22F2N6O/c22-20(23)16-2-1-3-19(25-16)29-10-13-8-12(4-6-15(13)27-29)21(30)26-17-9-14-5-7-18(17)28(14)11-24/h1-3,10,12,14,17-18,20H,4-9H2,(H,26,30)/t12-,14+,17-,18-/m1/s1. The third-order valence-electron chi connectivity index (χ3n) is 6.64. The second kappa shape index (κ2) is 7.35. The number of alkyl halides is 2. The van der Waals surface area contributed by atoms with E-state index >= 15 is 0 Å². The number of aryl methyl sites for hydroxylation is 1. The lowest BCUT2D eigenvalue weighted by molar-refractivity contribution is -0.126. The van der Waals surface area contributed by atoms with Gasteiger partial charge in [-0.15, -0.1) is 0 Å². The maximum absolute atomic E-state index is 12.9. The van der Waals surface area contributed by atoms with Crippen molar-refractivity contribution in [3.63, 3.8) is 0 Å². The number of carbonyl (C=O) groups is 1. The van der Waals surface area contributed by atoms with E-state index in [1.54, 1.807) is 18.3 Å². The number of halogens is 2. The van der Waals surface area contributed by atoms with Gasteiger partial charge in [0, 0.05) is 18.2 Å². The first kappa shape index (κ1) is 19.0. The fraction of sp³-hybridized carbons (Fsp3) is 0.524. The van der Waals surface area contributed by atoms with E-state index in [-0.39, 0.29) is 35.6 Å². The average Bonchev–Trinajstić information content (AvgIpc) is 3.45. The summed E-state index contributed by atoms with van der Waals surface area (Å²) in [5, 5.41) is 17.0. The Labute approximate surface area is 172 Å². The van der Waals surface area contributed by atoms with Gasteiger partial charge in [-0.1, -0.05) is 6.07 Å². The molecule has 1 amide bonds. The zero-order valence-electron chi connectivity index (χ0n) is 16.3. The first-order valence-electron chi connectivity index (χ1n) is 10.3. The van der Waals surface area contributed by atoms with Gasteiger partial charge in [0.2, 0.25) is 5.91 Å². The molecule has 2 fully saturated rings. The minimum absolute atomic E-state index is 0.0293. The van der Waals surface area contributed by atoms with Crippen LogP contribution in [0, 0.1) is 17.4 Å². The number of carbonyl (C=O) groups excluding carboxylic acids is 1. The highest BCUT2D eigenvalue weighted by atomic mass is 19.3. The Morgan fingerprint density at radius 3 is 2.93 bits per heavy atom. The summed E-state index contributed by atoms with van der Waals surface area (Å²) in [4.78, 5) is 18.7. The van der Waals surface area contributed by atoms with Crippen LogP contribution >= 0.6 is 0 Å². The Bertz CT molecular complexity index is 1020. The Morgan fingerprint density at radius 1 is 1.30 bits per heavy atom. The third kappa shape index (κ3) is 3.20. The molecule has 3 aliphatic rings. The van der Waals surface area contributed by atoms with Crippen LogP contribution in [-0.4, -0.2) is 43.7 Å². The van der Waals surface area contributed by atoms with E-state index in [1.807, 2.05) is 4.90 Å². The van der Waals surface area contributed by atoms with Crippen molar-refractivity contribution in [2.45, 2.75) is 63.1 Å². The molecule has 0 radical (unpaired) electrons. The van der Waals surface area contributed by atoms with Crippen LogP contribution in [0.3, 0.4) is 0 Å². The van der Waals surface area contributed by atoms with Crippen LogP contribution in [0.5, 0.6) is 0 Å². The van der Waals surface area contributed by atoms with Gasteiger partial charge >= 0.3 is 0 Å². The number of nitrogens with one attached hydrogen (secondary N) is 1. The quantitative estimate of drug-likeness (QED) is 0.780. The van der Waals surface area contributed by atoms with Crippen molar-refractivity contribution < 1.29 is 13.6 Å². The largest absolute Gasteiger partial charge is 0.351 e. The lowest BCUT2D eigenvalue weighted by atomic mass is 9.86. The van der Waals surface area contributed by atoms with Gasteiger partial charge in [-0.2, -0.15) is 10.4 Å².